The lowest BCUT2D eigenvalue weighted by molar-refractivity contribution is 0.102. The molecular formula is C21H20FN5O. The van der Waals surface area contributed by atoms with Gasteiger partial charge in [0.05, 0.1) is 5.56 Å². The van der Waals surface area contributed by atoms with Crippen LogP contribution in [0.25, 0.3) is 0 Å². The summed E-state index contributed by atoms with van der Waals surface area (Å²) in [5.74, 6) is -0.338. The van der Waals surface area contributed by atoms with E-state index < -0.39 is 11.7 Å². The third kappa shape index (κ3) is 4.09. The van der Waals surface area contributed by atoms with Gasteiger partial charge in [-0.2, -0.15) is 0 Å². The molecule has 1 fully saturated rings. The summed E-state index contributed by atoms with van der Waals surface area (Å²) in [5.41, 5.74) is 2.09. The molecule has 1 aromatic heterocycles. The van der Waals surface area contributed by atoms with E-state index in [1.165, 1.54) is 36.7 Å². The van der Waals surface area contributed by atoms with E-state index in [0.717, 1.165) is 18.8 Å². The molecule has 142 valence electrons. The summed E-state index contributed by atoms with van der Waals surface area (Å²) in [5, 5.41) is 13.8. The van der Waals surface area contributed by atoms with Crippen LogP contribution in [0.1, 0.15) is 23.2 Å². The van der Waals surface area contributed by atoms with Gasteiger partial charge in [-0.1, -0.05) is 12.1 Å². The Kier molecular flexibility index (Phi) is 5.14. The van der Waals surface area contributed by atoms with E-state index in [9.17, 15) is 9.18 Å². The van der Waals surface area contributed by atoms with E-state index in [2.05, 4.69) is 37.9 Å². The molecule has 7 heteroatoms. The Hall–Kier alpha value is -3.48. The number of halogens is 1. The fraction of sp³-hybridized carbons (Fsp3) is 0.190. The second kappa shape index (κ2) is 8.04. The minimum atomic E-state index is -0.580. The molecule has 1 amide bonds. The monoisotopic (exact) mass is 377 g/mol. The molecule has 2 N–H and O–H groups in total. The highest BCUT2D eigenvalue weighted by Gasteiger charge is 2.13. The maximum absolute atomic E-state index is 13.7. The molecule has 2 aromatic carbocycles. The molecule has 0 spiro atoms. The van der Waals surface area contributed by atoms with Crippen molar-refractivity contribution in [2.45, 2.75) is 12.8 Å². The Labute approximate surface area is 162 Å². The van der Waals surface area contributed by atoms with Gasteiger partial charge in [0.15, 0.2) is 11.6 Å². The predicted molar refractivity (Wildman–Crippen MR) is 108 cm³/mol. The fourth-order valence-electron chi connectivity index (χ4n) is 3.17. The molecule has 6 nitrogen and oxygen atoms in total. The van der Waals surface area contributed by atoms with Crippen LogP contribution in [0, 0.1) is 5.82 Å². The summed E-state index contributed by atoms with van der Waals surface area (Å²) < 4.78 is 13.7. The Morgan fingerprint density at radius 1 is 0.893 bits per heavy atom. The van der Waals surface area contributed by atoms with E-state index in [-0.39, 0.29) is 11.4 Å². The number of benzene rings is 2. The van der Waals surface area contributed by atoms with Crippen molar-refractivity contribution in [3.63, 3.8) is 0 Å². The zero-order chi connectivity index (χ0) is 19.3. The standard InChI is InChI=1S/C21H20FN5O/c22-18-6-2-1-5-17(18)21(28)24-20-12-11-19(25-26-20)23-15-7-9-16(10-8-15)27-13-3-4-14-27/h1-2,5-12H,3-4,13-14H2,(H,23,25)(H,24,26,28). The van der Waals surface area contributed by atoms with Crippen molar-refractivity contribution in [3.05, 3.63) is 72.0 Å². The van der Waals surface area contributed by atoms with Crippen LogP contribution < -0.4 is 15.5 Å². The molecule has 1 saturated heterocycles. The van der Waals surface area contributed by atoms with Crippen LogP contribution in [0.4, 0.5) is 27.4 Å². The molecule has 0 radical (unpaired) electrons. The largest absolute Gasteiger partial charge is 0.372 e. The maximum Gasteiger partial charge on any atom is 0.259 e. The summed E-state index contributed by atoms with van der Waals surface area (Å²) in [6.07, 6.45) is 2.49. The number of hydrogen-bond donors (Lipinski definition) is 2. The number of hydrogen-bond acceptors (Lipinski definition) is 5. The van der Waals surface area contributed by atoms with Gasteiger partial charge >= 0.3 is 0 Å². The van der Waals surface area contributed by atoms with Crippen LogP contribution in [0.5, 0.6) is 0 Å². The summed E-state index contributed by atoms with van der Waals surface area (Å²) in [4.78, 5) is 14.5. The van der Waals surface area contributed by atoms with Crippen molar-refractivity contribution in [1.82, 2.24) is 10.2 Å². The van der Waals surface area contributed by atoms with Gasteiger partial charge in [0.25, 0.3) is 5.91 Å². The molecule has 2 heterocycles. The number of rotatable bonds is 5. The first-order chi connectivity index (χ1) is 13.7. The molecule has 1 aliphatic rings. The molecular weight excluding hydrogens is 357 g/mol. The lowest BCUT2D eigenvalue weighted by atomic mass is 10.2. The third-order valence-electron chi connectivity index (χ3n) is 4.64. The highest BCUT2D eigenvalue weighted by Crippen LogP contribution is 2.23. The second-order valence-corrected chi connectivity index (χ2v) is 6.60. The SMILES string of the molecule is O=C(Nc1ccc(Nc2ccc(N3CCCC3)cc2)nn1)c1ccccc1F. The van der Waals surface area contributed by atoms with Crippen LogP contribution in [-0.4, -0.2) is 29.2 Å². The van der Waals surface area contributed by atoms with Gasteiger partial charge in [0, 0.05) is 24.5 Å². The Balaban J connectivity index is 1.38. The molecule has 1 aliphatic heterocycles. The number of carbonyl (C=O) groups is 1. The maximum atomic E-state index is 13.7. The van der Waals surface area contributed by atoms with Crippen molar-refractivity contribution in [2.24, 2.45) is 0 Å². The third-order valence-corrected chi connectivity index (χ3v) is 4.64. The number of nitrogens with zero attached hydrogens (tertiary/aromatic N) is 3. The smallest absolute Gasteiger partial charge is 0.259 e. The number of carbonyl (C=O) groups excluding carboxylic acids is 1. The van der Waals surface area contributed by atoms with E-state index in [1.54, 1.807) is 18.2 Å². The average molecular weight is 377 g/mol. The quantitative estimate of drug-likeness (QED) is 0.697. The first-order valence-electron chi connectivity index (χ1n) is 9.21. The average Bonchev–Trinajstić information content (AvgIpc) is 3.25. The minimum Gasteiger partial charge on any atom is -0.372 e. The summed E-state index contributed by atoms with van der Waals surface area (Å²) in [6, 6.07) is 17.3. The molecule has 0 atom stereocenters. The van der Waals surface area contributed by atoms with Crippen molar-refractivity contribution in [3.8, 4) is 0 Å². The van der Waals surface area contributed by atoms with E-state index >= 15 is 0 Å². The summed E-state index contributed by atoms with van der Waals surface area (Å²) in [7, 11) is 0. The number of amides is 1. The lowest BCUT2D eigenvalue weighted by Gasteiger charge is -2.17. The highest BCUT2D eigenvalue weighted by molar-refractivity contribution is 6.03. The fourth-order valence-corrected chi connectivity index (χ4v) is 3.17. The van der Waals surface area contributed by atoms with Crippen LogP contribution >= 0.6 is 0 Å². The van der Waals surface area contributed by atoms with Gasteiger partial charge in [-0.25, -0.2) is 4.39 Å². The Morgan fingerprint density at radius 3 is 2.25 bits per heavy atom. The Bertz CT molecular complexity index is 953. The van der Waals surface area contributed by atoms with Crippen LogP contribution in [0.2, 0.25) is 0 Å². The summed E-state index contributed by atoms with van der Waals surface area (Å²) >= 11 is 0. The number of aromatic nitrogens is 2. The van der Waals surface area contributed by atoms with Gasteiger partial charge in [0.2, 0.25) is 0 Å². The van der Waals surface area contributed by atoms with Crippen LogP contribution in [0.3, 0.4) is 0 Å². The molecule has 4 rings (SSSR count). The van der Waals surface area contributed by atoms with E-state index in [4.69, 9.17) is 0 Å². The van der Waals surface area contributed by atoms with Crippen molar-refractivity contribution < 1.29 is 9.18 Å². The zero-order valence-electron chi connectivity index (χ0n) is 15.2. The van der Waals surface area contributed by atoms with E-state index in [1.807, 2.05) is 12.1 Å². The highest BCUT2D eigenvalue weighted by atomic mass is 19.1. The topological polar surface area (TPSA) is 70.2 Å². The molecule has 3 aromatic rings. The van der Waals surface area contributed by atoms with Gasteiger partial charge in [-0.15, -0.1) is 10.2 Å². The van der Waals surface area contributed by atoms with Crippen LogP contribution in [0.15, 0.2) is 60.7 Å². The van der Waals surface area contributed by atoms with Gasteiger partial charge < -0.3 is 15.5 Å². The molecule has 0 saturated carbocycles. The van der Waals surface area contributed by atoms with Gasteiger partial charge in [0.1, 0.15) is 5.82 Å². The summed E-state index contributed by atoms with van der Waals surface area (Å²) in [6.45, 7) is 2.22. The minimum absolute atomic E-state index is 0.0374. The van der Waals surface area contributed by atoms with Crippen molar-refractivity contribution >= 4 is 28.9 Å². The number of anilines is 4. The normalized spacial score (nSPS) is 13.4. The van der Waals surface area contributed by atoms with E-state index in [0.29, 0.717) is 5.82 Å². The number of nitrogens with one attached hydrogen (secondary N) is 2. The second-order valence-electron chi connectivity index (χ2n) is 6.60. The molecule has 0 bridgehead atoms. The van der Waals surface area contributed by atoms with Gasteiger partial charge in [-0.05, 0) is 61.4 Å². The Morgan fingerprint density at radius 2 is 1.57 bits per heavy atom. The van der Waals surface area contributed by atoms with Crippen molar-refractivity contribution in [2.75, 3.05) is 28.6 Å². The molecule has 0 unspecified atom stereocenters. The molecule has 28 heavy (non-hydrogen) atoms. The molecule has 0 aliphatic carbocycles. The lowest BCUT2D eigenvalue weighted by Crippen LogP contribution is -2.17. The zero-order valence-corrected chi connectivity index (χ0v) is 15.2. The first kappa shape index (κ1) is 17.9. The van der Waals surface area contributed by atoms with Gasteiger partial charge in [-0.3, -0.25) is 4.79 Å². The van der Waals surface area contributed by atoms with Crippen LogP contribution in [-0.2, 0) is 0 Å². The predicted octanol–water partition coefficient (Wildman–Crippen LogP) is 4.21. The first-order valence-corrected chi connectivity index (χ1v) is 9.21. The van der Waals surface area contributed by atoms with Crippen molar-refractivity contribution in [1.29, 1.82) is 0 Å².